The van der Waals surface area contributed by atoms with Crippen molar-refractivity contribution in [1.29, 1.82) is 0 Å². The van der Waals surface area contributed by atoms with Gasteiger partial charge in [0.1, 0.15) is 12.4 Å². The Hall–Kier alpha value is -3.00. The number of ether oxygens (including phenoxy) is 3. The van der Waals surface area contributed by atoms with Crippen molar-refractivity contribution in [3.8, 4) is 17.2 Å². The molecular weight excluding hydrogens is 380 g/mol. The maximum absolute atomic E-state index is 12.3. The first-order chi connectivity index (χ1) is 13.7. The summed E-state index contributed by atoms with van der Waals surface area (Å²) in [6.07, 6.45) is -0.474. The van der Waals surface area contributed by atoms with Crippen molar-refractivity contribution >= 4 is 17.5 Å². The van der Waals surface area contributed by atoms with Crippen LogP contribution in [0, 0.1) is 0 Å². The molecule has 144 valence electrons. The van der Waals surface area contributed by atoms with Crippen molar-refractivity contribution in [2.75, 3.05) is 19.0 Å². The highest BCUT2D eigenvalue weighted by molar-refractivity contribution is 7.99. The zero-order chi connectivity index (χ0) is 19.3. The number of aromatic nitrogens is 2. The van der Waals surface area contributed by atoms with Gasteiger partial charge in [0.15, 0.2) is 17.3 Å². The number of ketones is 1. The average Bonchev–Trinajstić information content (AvgIpc) is 3.21. The standard InChI is InChI=1S/C20H18N2O5S/c1-2-24-14-9-7-13(8-10-14)15(23)12-28-20-22-21-19(27-20)18-11-25-16-5-3-4-6-17(16)26-18/h3-10,18H,2,11-12H2,1H3. The Morgan fingerprint density at radius 3 is 2.71 bits per heavy atom. The quantitative estimate of drug-likeness (QED) is 0.437. The molecule has 0 saturated carbocycles. The van der Waals surface area contributed by atoms with Gasteiger partial charge in [-0.05, 0) is 43.3 Å². The van der Waals surface area contributed by atoms with Gasteiger partial charge in [-0.25, -0.2) is 0 Å². The van der Waals surface area contributed by atoms with Crippen molar-refractivity contribution in [2.45, 2.75) is 18.3 Å². The molecule has 1 aliphatic heterocycles. The largest absolute Gasteiger partial charge is 0.494 e. The molecule has 2 heterocycles. The monoisotopic (exact) mass is 398 g/mol. The van der Waals surface area contributed by atoms with Crippen LogP contribution < -0.4 is 14.2 Å². The van der Waals surface area contributed by atoms with E-state index in [0.717, 1.165) is 5.75 Å². The Kier molecular flexibility index (Phi) is 5.48. The number of nitrogens with zero attached hydrogens (tertiary/aromatic N) is 2. The van der Waals surface area contributed by atoms with Gasteiger partial charge in [-0.3, -0.25) is 4.79 Å². The van der Waals surface area contributed by atoms with Crippen LogP contribution in [0.15, 0.2) is 58.2 Å². The van der Waals surface area contributed by atoms with Crippen LogP contribution in [0.3, 0.4) is 0 Å². The highest BCUT2D eigenvalue weighted by Crippen LogP contribution is 2.36. The highest BCUT2D eigenvalue weighted by Gasteiger charge is 2.27. The summed E-state index contributed by atoms with van der Waals surface area (Å²) in [6.45, 7) is 2.79. The molecule has 28 heavy (non-hydrogen) atoms. The lowest BCUT2D eigenvalue weighted by Crippen LogP contribution is -2.21. The molecule has 2 aromatic carbocycles. The maximum atomic E-state index is 12.3. The number of fused-ring (bicyclic) bond motifs is 1. The van der Waals surface area contributed by atoms with Crippen molar-refractivity contribution in [3.05, 3.63) is 60.0 Å². The summed E-state index contributed by atoms with van der Waals surface area (Å²) in [7, 11) is 0. The molecule has 1 unspecified atom stereocenters. The van der Waals surface area contributed by atoms with Crippen LogP contribution in [0.1, 0.15) is 29.3 Å². The van der Waals surface area contributed by atoms with Crippen LogP contribution in [0.25, 0.3) is 0 Å². The lowest BCUT2D eigenvalue weighted by molar-refractivity contribution is 0.0686. The topological polar surface area (TPSA) is 83.7 Å². The van der Waals surface area contributed by atoms with E-state index in [1.165, 1.54) is 11.8 Å². The van der Waals surface area contributed by atoms with E-state index in [1.807, 2.05) is 31.2 Å². The molecule has 1 aromatic heterocycles. The van der Waals surface area contributed by atoms with Gasteiger partial charge in [0, 0.05) is 5.56 Å². The first-order valence-electron chi connectivity index (χ1n) is 8.83. The molecule has 1 atom stereocenters. The van der Waals surface area contributed by atoms with Crippen LogP contribution in [0.2, 0.25) is 0 Å². The summed E-state index contributed by atoms with van der Waals surface area (Å²) in [5.41, 5.74) is 0.608. The summed E-state index contributed by atoms with van der Waals surface area (Å²) in [5, 5.41) is 8.33. The minimum absolute atomic E-state index is 0.0287. The number of benzene rings is 2. The summed E-state index contributed by atoms with van der Waals surface area (Å²) in [4.78, 5) is 12.3. The first-order valence-corrected chi connectivity index (χ1v) is 9.82. The van der Waals surface area contributed by atoms with Crippen molar-refractivity contribution < 1.29 is 23.4 Å². The molecule has 0 saturated heterocycles. The summed E-state index contributed by atoms with van der Waals surface area (Å²) < 4.78 is 22.5. The molecule has 0 bridgehead atoms. The van der Waals surface area contributed by atoms with E-state index >= 15 is 0 Å². The molecule has 8 heteroatoms. The fourth-order valence-electron chi connectivity index (χ4n) is 2.66. The molecule has 0 radical (unpaired) electrons. The van der Waals surface area contributed by atoms with Gasteiger partial charge in [0.25, 0.3) is 11.1 Å². The molecule has 1 aliphatic rings. The number of Topliss-reactive ketones (excluding diaryl/α,β-unsaturated/α-hetero) is 1. The lowest BCUT2D eigenvalue weighted by atomic mass is 10.1. The maximum Gasteiger partial charge on any atom is 0.277 e. The average molecular weight is 398 g/mol. The van der Waals surface area contributed by atoms with Crippen LogP contribution >= 0.6 is 11.8 Å². The van der Waals surface area contributed by atoms with Gasteiger partial charge in [-0.2, -0.15) is 0 Å². The molecule has 0 fully saturated rings. The van der Waals surface area contributed by atoms with E-state index in [1.54, 1.807) is 24.3 Å². The summed E-state index contributed by atoms with van der Waals surface area (Å²) in [6, 6.07) is 14.5. The van der Waals surface area contributed by atoms with Gasteiger partial charge < -0.3 is 18.6 Å². The van der Waals surface area contributed by atoms with Gasteiger partial charge in [0.05, 0.1) is 12.4 Å². The molecule has 0 aliphatic carbocycles. The van der Waals surface area contributed by atoms with Crippen LogP contribution in [-0.2, 0) is 0 Å². The fourth-order valence-corrected chi connectivity index (χ4v) is 3.33. The number of hydrogen-bond donors (Lipinski definition) is 0. The van der Waals surface area contributed by atoms with Gasteiger partial charge in [-0.1, -0.05) is 23.9 Å². The van der Waals surface area contributed by atoms with E-state index in [0.29, 0.717) is 34.8 Å². The van der Waals surface area contributed by atoms with Crippen molar-refractivity contribution in [3.63, 3.8) is 0 Å². The van der Waals surface area contributed by atoms with Crippen LogP contribution in [0.4, 0.5) is 0 Å². The predicted molar refractivity (Wildman–Crippen MR) is 102 cm³/mol. The molecule has 7 nitrogen and oxygen atoms in total. The minimum Gasteiger partial charge on any atom is -0.494 e. The number of carbonyl (C=O) groups excluding carboxylic acids is 1. The second kappa shape index (κ2) is 8.35. The summed E-state index contributed by atoms with van der Waals surface area (Å²) in [5.74, 6) is 2.56. The number of rotatable bonds is 7. The van der Waals surface area contributed by atoms with Gasteiger partial charge in [0.2, 0.25) is 6.10 Å². The highest BCUT2D eigenvalue weighted by atomic mass is 32.2. The molecule has 3 aromatic rings. The number of thioether (sulfide) groups is 1. The van der Waals surface area contributed by atoms with E-state index in [-0.39, 0.29) is 18.1 Å². The van der Waals surface area contributed by atoms with Gasteiger partial charge in [-0.15, -0.1) is 10.2 Å². The number of hydrogen-bond acceptors (Lipinski definition) is 8. The number of para-hydroxylation sites is 2. The Morgan fingerprint density at radius 2 is 1.93 bits per heavy atom. The zero-order valence-electron chi connectivity index (χ0n) is 15.2. The second-order valence-electron chi connectivity index (χ2n) is 5.94. The van der Waals surface area contributed by atoms with Crippen LogP contribution in [-0.4, -0.2) is 34.9 Å². The first kappa shape index (κ1) is 18.4. The van der Waals surface area contributed by atoms with Gasteiger partial charge >= 0.3 is 0 Å². The van der Waals surface area contributed by atoms with Crippen LogP contribution in [0.5, 0.6) is 17.2 Å². The molecule has 0 amide bonds. The van der Waals surface area contributed by atoms with E-state index in [4.69, 9.17) is 18.6 Å². The Bertz CT molecular complexity index is 957. The Labute approximate surface area is 166 Å². The third-order valence-electron chi connectivity index (χ3n) is 4.02. The lowest BCUT2D eigenvalue weighted by Gasteiger charge is -2.23. The Morgan fingerprint density at radius 1 is 1.14 bits per heavy atom. The van der Waals surface area contributed by atoms with E-state index in [9.17, 15) is 4.79 Å². The zero-order valence-corrected chi connectivity index (χ0v) is 16.0. The Balaban J connectivity index is 1.34. The van der Waals surface area contributed by atoms with Crippen molar-refractivity contribution in [2.24, 2.45) is 0 Å². The summed E-state index contributed by atoms with van der Waals surface area (Å²) >= 11 is 1.19. The fraction of sp³-hybridized carbons (Fsp3) is 0.250. The van der Waals surface area contributed by atoms with E-state index < -0.39 is 6.10 Å². The molecular formula is C20H18N2O5S. The predicted octanol–water partition coefficient (Wildman–Crippen LogP) is 3.96. The third-order valence-corrected chi connectivity index (χ3v) is 4.84. The van der Waals surface area contributed by atoms with E-state index in [2.05, 4.69) is 10.2 Å². The smallest absolute Gasteiger partial charge is 0.277 e. The van der Waals surface area contributed by atoms with Crippen molar-refractivity contribution in [1.82, 2.24) is 10.2 Å². The number of carbonyl (C=O) groups is 1. The second-order valence-corrected chi connectivity index (χ2v) is 6.87. The minimum atomic E-state index is -0.474. The molecule has 4 rings (SSSR count). The molecule has 0 spiro atoms. The normalized spacial score (nSPS) is 15.2. The molecule has 0 N–H and O–H groups in total. The third kappa shape index (κ3) is 4.12. The SMILES string of the molecule is CCOc1ccc(C(=O)CSc2nnc(C3COc4ccccc4O3)o2)cc1.